The topological polar surface area (TPSA) is 59.0 Å². The molecule has 0 N–H and O–H groups in total. The minimum atomic E-state index is -0.395. The van der Waals surface area contributed by atoms with Gasteiger partial charge in [0.05, 0.1) is 6.61 Å². The Morgan fingerprint density at radius 1 is 1.43 bits per heavy atom. The summed E-state index contributed by atoms with van der Waals surface area (Å²) in [6, 6.07) is 9.27. The molecule has 1 aromatic carbocycles. The Kier molecular flexibility index (Phi) is 5.49. The summed E-state index contributed by atoms with van der Waals surface area (Å²) in [5, 5.41) is 0. The van der Waals surface area contributed by atoms with E-state index in [0.717, 1.165) is 18.4 Å². The molecular weight excluding hydrogens is 268 g/mol. The second kappa shape index (κ2) is 7.57. The molecule has 21 heavy (non-hydrogen) atoms. The fourth-order valence-corrected chi connectivity index (χ4v) is 2.29. The lowest BCUT2D eigenvalue weighted by Gasteiger charge is -2.29. The van der Waals surface area contributed by atoms with Gasteiger partial charge >= 0.3 is 5.97 Å². The Hall–Kier alpha value is -2.17. The largest absolute Gasteiger partial charge is 0.465 e. The van der Waals surface area contributed by atoms with Crippen LogP contribution in [-0.4, -0.2) is 48.7 Å². The van der Waals surface area contributed by atoms with Crippen molar-refractivity contribution in [2.24, 2.45) is 4.99 Å². The van der Waals surface area contributed by atoms with Crippen molar-refractivity contribution in [1.29, 1.82) is 0 Å². The number of carbonyl (C=O) groups is 2. The first-order chi connectivity index (χ1) is 10.2. The lowest BCUT2D eigenvalue weighted by atomic mass is 10.1. The van der Waals surface area contributed by atoms with E-state index in [4.69, 9.17) is 4.74 Å². The van der Waals surface area contributed by atoms with Crippen LogP contribution in [0.4, 0.5) is 0 Å². The molecule has 1 heterocycles. The maximum atomic E-state index is 12.3. The molecule has 5 nitrogen and oxygen atoms in total. The van der Waals surface area contributed by atoms with Crippen LogP contribution >= 0.6 is 0 Å². The second-order valence-electron chi connectivity index (χ2n) is 4.91. The fourth-order valence-electron chi connectivity index (χ4n) is 2.29. The summed E-state index contributed by atoms with van der Waals surface area (Å²) in [6.07, 6.45) is 3.29. The average molecular weight is 288 g/mol. The number of ether oxygens (including phenoxy) is 1. The third kappa shape index (κ3) is 4.41. The molecule has 1 atom stereocenters. The Bertz CT molecular complexity index is 514. The van der Waals surface area contributed by atoms with E-state index in [1.807, 2.05) is 30.3 Å². The van der Waals surface area contributed by atoms with E-state index in [0.29, 0.717) is 13.2 Å². The zero-order valence-electron chi connectivity index (χ0n) is 12.2. The van der Waals surface area contributed by atoms with Gasteiger partial charge in [0.1, 0.15) is 12.6 Å². The number of likely N-dealkylation sites (tertiary alicyclic amines) is 1. The molecule has 1 aliphatic heterocycles. The quantitative estimate of drug-likeness (QED) is 0.611. The molecule has 0 unspecified atom stereocenters. The van der Waals surface area contributed by atoms with Crippen LogP contribution in [-0.2, 0) is 14.3 Å². The van der Waals surface area contributed by atoms with Crippen molar-refractivity contribution >= 4 is 18.1 Å². The number of hydrogen-bond donors (Lipinski definition) is 0. The predicted molar refractivity (Wildman–Crippen MR) is 80.3 cm³/mol. The highest BCUT2D eigenvalue weighted by Crippen LogP contribution is 2.15. The molecule has 1 amide bonds. The van der Waals surface area contributed by atoms with Crippen LogP contribution in [0.2, 0.25) is 0 Å². The van der Waals surface area contributed by atoms with Crippen molar-refractivity contribution in [3.63, 3.8) is 0 Å². The molecule has 1 aliphatic rings. The van der Waals surface area contributed by atoms with E-state index in [1.54, 1.807) is 13.1 Å². The smallest absolute Gasteiger partial charge is 0.325 e. The molecule has 112 valence electrons. The van der Waals surface area contributed by atoms with Crippen molar-refractivity contribution in [3.8, 4) is 0 Å². The van der Waals surface area contributed by atoms with Gasteiger partial charge in [-0.15, -0.1) is 0 Å². The van der Waals surface area contributed by atoms with Crippen molar-refractivity contribution in [3.05, 3.63) is 35.9 Å². The highest BCUT2D eigenvalue weighted by molar-refractivity contribution is 5.89. The van der Waals surface area contributed by atoms with E-state index in [-0.39, 0.29) is 18.4 Å². The first kappa shape index (κ1) is 15.2. The second-order valence-corrected chi connectivity index (χ2v) is 4.91. The summed E-state index contributed by atoms with van der Waals surface area (Å²) < 4.78 is 4.89. The standard InChI is InChI=1S/C16H20N2O3/c1-2-21-15(19)12-18-10-6-9-14(16(18)20)17-11-13-7-4-3-5-8-13/h3-5,7-8,11,14H,2,6,9-10,12H2,1H3/t14-/m0/s1. The molecular formula is C16H20N2O3. The minimum Gasteiger partial charge on any atom is -0.465 e. The molecule has 2 rings (SSSR count). The van der Waals surface area contributed by atoms with E-state index in [1.165, 1.54) is 4.90 Å². The number of benzene rings is 1. The van der Waals surface area contributed by atoms with Gasteiger partial charge in [-0.25, -0.2) is 0 Å². The third-order valence-electron chi connectivity index (χ3n) is 3.33. The Balaban J connectivity index is 1.96. The van der Waals surface area contributed by atoms with Gasteiger partial charge in [-0.05, 0) is 25.3 Å². The maximum Gasteiger partial charge on any atom is 0.325 e. The molecule has 0 bridgehead atoms. The van der Waals surface area contributed by atoms with E-state index in [9.17, 15) is 9.59 Å². The van der Waals surface area contributed by atoms with Gasteiger partial charge in [-0.2, -0.15) is 0 Å². The number of hydrogen-bond acceptors (Lipinski definition) is 4. The lowest BCUT2D eigenvalue weighted by molar-refractivity contribution is -0.150. The monoisotopic (exact) mass is 288 g/mol. The van der Waals surface area contributed by atoms with Crippen molar-refractivity contribution in [2.75, 3.05) is 19.7 Å². The third-order valence-corrected chi connectivity index (χ3v) is 3.33. The molecule has 1 fully saturated rings. The fraction of sp³-hybridized carbons (Fsp3) is 0.438. The van der Waals surface area contributed by atoms with Gasteiger partial charge in [0.15, 0.2) is 0 Å². The number of piperidine rings is 1. The average Bonchev–Trinajstić information content (AvgIpc) is 2.49. The van der Waals surface area contributed by atoms with Gasteiger partial charge in [0, 0.05) is 12.8 Å². The number of amides is 1. The van der Waals surface area contributed by atoms with E-state index < -0.39 is 6.04 Å². The van der Waals surface area contributed by atoms with Gasteiger partial charge in [0.25, 0.3) is 0 Å². The van der Waals surface area contributed by atoms with Crippen LogP contribution in [0.25, 0.3) is 0 Å². The van der Waals surface area contributed by atoms with Crippen LogP contribution in [0.3, 0.4) is 0 Å². The van der Waals surface area contributed by atoms with Crippen LogP contribution in [0, 0.1) is 0 Å². The summed E-state index contributed by atoms with van der Waals surface area (Å²) in [6.45, 7) is 2.69. The van der Waals surface area contributed by atoms with Crippen LogP contribution in [0.15, 0.2) is 35.3 Å². The highest BCUT2D eigenvalue weighted by atomic mass is 16.5. The van der Waals surface area contributed by atoms with E-state index >= 15 is 0 Å². The summed E-state index contributed by atoms with van der Waals surface area (Å²) in [5.41, 5.74) is 0.966. The number of nitrogens with zero attached hydrogens (tertiary/aromatic N) is 2. The first-order valence-corrected chi connectivity index (χ1v) is 7.23. The molecule has 0 saturated carbocycles. The number of carbonyl (C=O) groups excluding carboxylic acids is 2. The summed E-state index contributed by atoms with van der Waals surface area (Å²) >= 11 is 0. The van der Waals surface area contributed by atoms with Gasteiger partial charge in [-0.3, -0.25) is 14.6 Å². The predicted octanol–water partition coefficient (Wildman–Crippen LogP) is 1.66. The lowest BCUT2D eigenvalue weighted by Crippen LogP contribution is -2.46. The first-order valence-electron chi connectivity index (χ1n) is 7.23. The maximum absolute atomic E-state index is 12.3. The van der Waals surface area contributed by atoms with Crippen molar-refractivity contribution < 1.29 is 14.3 Å². The summed E-state index contributed by atoms with van der Waals surface area (Å²) in [7, 11) is 0. The normalized spacial score (nSPS) is 19.0. The molecule has 5 heteroatoms. The van der Waals surface area contributed by atoms with E-state index in [2.05, 4.69) is 4.99 Å². The number of rotatable bonds is 5. The molecule has 0 aromatic heterocycles. The SMILES string of the molecule is CCOC(=O)CN1CCC[C@H](N=Cc2ccccc2)C1=O. The summed E-state index contributed by atoms with van der Waals surface area (Å²) in [4.78, 5) is 29.7. The zero-order chi connectivity index (χ0) is 15.1. The Morgan fingerprint density at radius 2 is 2.19 bits per heavy atom. The van der Waals surface area contributed by atoms with Gasteiger partial charge in [-0.1, -0.05) is 30.3 Å². The summed E-state index contributed by atoms with van der Waals surface area (Å²) in [5.74, 6) is -0.458. The molecule has 1 saturated heterocycles. The van der Waals surface area contributed by atoms with Gasteiger partial charge < -0.3 is 9.64 Å². The molecule has 0 radical (unpaired) electrons. The minimum absolute atomic E-state index is 0.0179. The van der Waals surface area contributed by atoms with Crippen molar-refractivity contribution in [2.45, 2.75) is 25.8 Å². The molecule has 0 aliphatic carbocycles. The van der Waals surface area contributed by atoms with Crippen LogP contribution in [0.1, 0.15) is 25.3 Å². The number of aliphatic imine (C=N–C) groups is 1. The van der Waals surface area contributed by atoms with Crippen LogP contribution in [0.5, 0.6) is 0 Å². The number of esters is 1. The molecule has 1 aromatic rings. The molecule has 0 spiro atoms. The zero-order valence-corrected chi connectivity index (χ0v) is 12.2. The Morgan fingerprint density at radius 3 is 2.90 bits per heavy atom. The Labute approximate surface area is 124 Å². The van der Waals surface area contributed by atoms with Gasteiger partial charge in [0.2, 0.25) is 5.91 Å². The highest BCUT2D eigenvalue weighted by Gasteiger charge is 2.29. The van der Waals surface area contributed by atoms with Crippen LogP contribution < -0.4 is 0 Å². The van der Waals surface area contributed by atoms with Crippen molar-refractivity contribution in [1.82, 2.24) is 4.90 Å².